The van der Waals surface area contributed by atoms with E-state index in [4.69, 9.17) is 11.6 Å². The average molecular weight is 413 g/mol. The highest BCUT2D eigenvalue weighted by Crippen LogP contribution is 2.35. The molecule has 1 aromatic rings. The van der Waals surface area contributed by atoms with Gasteiger partial charge in [0.2, 0.25) is 15.9 Å². The second kappa shape index (κ2) is 8.14. The minimum atomic E-state index is -4.76. The smallest absolute Gasteiger partial charge is 0.343 e. The second-order valence-corrected chi connectivity index (χ2v) is 8.52. The summed E-state index contributed by atoms with van der Waals surface area (Å²) in [5.41, 5.74) is -1.22. The first-order valence-corrected chi connectivity index (χ1v) is 10.0. The molecule has 1 aromatic carbocycles. The van der Waals surface area contributed by atoms with Gasteiger partial charge in [-0.15, -0.1) is 0 Å². The molecule has 1 N–H and O–H groups in total. The van der Waals surface area contributed by atoms with Crippen molar-refractivity contribution in [2.75, 3.05) is 19.6 Å². The highest BCUT2D eigenvalue weighted by molar-refractivity contribution is 7.89. The Bertz CT molecular complexity index is 760. The van der Waals surface area contributed by atoms with E-state index in [9.17, 15) is 26.4 Å². The summed E-state index contributed by atoms with van der Waals surface area (Å²) in [5, 5.41) is -0.578. The van der Waals surface area contributed by atoms with Gasteiger partial charge < -0.3 is 4.90 Å². The van der Waals surface area contributed by atoms with E-state index in [1.807, 2.05) is 0 Å². The summed E-state index contributed by atoms with van der Waals surface area (Å²) in [6.45, 7) is 3.20. The van der Waals surface area contributed by atoms with Gasteiger partial charge in [0.05, 0.1) is 15.5 Å². The lowest BCUT2D eigenvalue weighted by molar-refractivity contribution is -0.137. The number of hydrogen-bond donors (Lipinski definition) is 1. The summed E-state index contributed by atoms with van der Waals surface area (Å²) in [4.78, 5) is 13.2. The fraction of sp³-hybridized carbons (Fsp3) is 0.562. The van der Waals surface area contributed by atoms with Crippen LogP contribution in [0, 0.1) is 5.92 Å². The Morgan fingerprint density at radius 1 is 1.31 bits per heavy atom. The van der Waals surface area contributed by atoms with Gasteiger partial charge in [-0.1, -0.05) is 18.5 Å². The van der Waals surface area contributed by atoms with Gasteiger partial charge >= 0.3 is 6.18 Å². The minimum Gasteiger partial charge on any atom is -0.343 e. The van der Waals surface area contributed by atoms with Crippen LogP contribution in [0.25, 0.3) is 0 Å². The normalized spacial score (nSPS) is 16.7. The molecule has 1 amide bonds. The van der Waals surface area contributed by atoms with Crippen LogP contribution in [0.15, 0.2) is 23.1 Å². The zero-order valence-electron chi connectivity index (χ0n) is 14.1. The van der Waals surface area contributed by atoms with Crippen LogP contribution in [0.5, 0.6) is 0 Å². The van der Waals surface area contributed by atoms with E-state index >= 15 is 0 Å². The number of alkyl halides is 3. The first-order valence-electron chi connectivity index (χ1n) is 8.15. The lowest BCUT2D eigenvalue weighted by Gasteiger charge is -2.30. The average Bonchev–Trinajstić information content (AvgIpc) is 2.54. The number of carbonyl (C=O) groups excluding carboxylic acids is 1. The summed E-state index contributed by atoms with van der Waals surface area (Å²) in [6, 6.07) is 2.37. The van der Waals surface area contributed by atoms with Crippen LogP contribution in [0.4, 0.5) is 13.2 Å². The molecule has 0 atom stereocenters. The SMILES string of the molecule is CC1CCN(C(=O)CCNS(=O)(=O)c2ccc(Cl)c(C(F)(F)F)c2)CC1. The molecule has 10 heteroatoms. The molecule has 0 bridgehead atoms. The molecule has 26 heavy (non-hydrogen) atoms. The number of sulfonamides is 1. The lowest BCUT2D eigenvalue weighted by atomic mass is 9.99. The van der Waals surface area contributed by atoms with E-state index in [0.29, 0.717) is 25.1 Å². The van der Waals surface area contributed by atoms with Crippen LogP contribution in [0.2, 0.25) is 5.02 Å². The van der Waals surface area contributed by atoms with E-state index in [-0.39, 0.29) is 18.9 Å². The Balaban J connectivity index is 1.98. The van der Waals surface area contributed by atoms with Crippen LogP contribution in [-0.2, 0) is 21.0 Å². The fourth-order valence-electron chi connectivity index (χ4n) is 2.68. The minimum absolute atomic E-state index is 0.0483. The summed E-state index contributed by atoms with van der Waals surface area (Å²) in [6.07, 6.45) is -3.00. The summed E-state index contributed by atoms with van der Waals surface area (Å²) in [7, 11) is -4.17. The number of piperidine rings is 1. The number of likely N-dealkylation sites (tertiary alicyclic amines) is 1. The molecule has 2 rings (SSSR count). The first kappa shape index (κ1) is 21.0. The van der Waals surface area contributed by atoms with Crippen LogP contribution in [-0.4, -0.2) is 38.9 Å². The quantitative estimate of drug-likeness (QED) is 0.807. The van der Waals surface area contributed by atoms with Crippen molar-refractivity contribution in [2.45, 2.75) is 37.3 Å². The Labute approximate surface area is 155 Å². The Morgan fingerprint density at radius 2 is 1.92 bits per heavy atom. The molecule has 1 heterocycles. The van der Waals surface area contributed by atoms with Gasteiger partial charge in [-0.3, -0.25) is 4.79 Å². The third-order valence-corrected chi connectivity index (χ3v) is 6.11. The maximum absolute atomic E-state index is 12.9. The largest absolute Gasteiger partial charge is 0.417 e. The van der Waals surface area contributed by atoms with Crippen molar-refractivity contribution >= 4 is 27.5 Å². The highest BCUT2D eigenvalue weighted by atomic mass is 35.5. The van der Waals surface area contributed by atoms with Crippen molar-refractivity contribution in [3.8, 4) is 0 Å². The lowest BCUT2D eigenvalue weighted by Crippen LogP contribution is -2.39. The monoisotopic (exact) mass is 412 g/mol. The maximum atomic E-state index is 12.9. The van der Waals surface area contributed by atoms with E-state index in [1.165, 1.54) is 0 Å². The third kappa shape index (κ3) is 5.34. The Morgan fingerprint density at radius 3 is 2.50 bits per heavy atom. The molecule has 0 aliphatic carbocycles. The first-order chi connectivity index (χ1) is 12.0. The molecule has 0 aromatic heterocycles. The van der Waals surface area contributed by atoms with Crippen LogP contribution < -0.4 is 4.72 Å². The second-order valence-electron chi connectivity index (χ2n) is 6.35. The number of amides is 1. The van der Waals surface area contributed by atoms with Crippen LogP contribution >= 0.6 is 11.6 Å². The van der Waals surface area contributed by atoms with E-state index in [2.05, 4.69) is 11.6 Å². The number of carbonyl (C=O) groups is 1. The van der Waals surface area contributed by atoms with Gasteiger partial charge in [0, 0.05) is 26.1 Å². The number of benzene rings is 1. The highest BCUT2D eigenvalue weighted by Gasteiger charge is 2.34. The van der Waals surface area contributed by atoms with Crippen molar-refractivity contribution in [3.63, 3.8) is 0 Å². The summed E-state index contributed by atoms with van der Waals surface area (Å²) in [5.74, 6) is 0.386. The van der Waals surface area contributed by atoms with Crippen molar-refractivity contribution in [2.24, 2.45) is 5.92 Å². The summed E-state index contributed by atoms with van der Waals surface area (Å²) < 4.78 is 65.1. The van der Waals surface area contributed by atoms with Crippen LogP contribution in [0.1, 0.15) is 31.7 Å². The van der Waals surface area contributed by atoms with E-state index < -0.39 is 31.7 Å². The number of halogens is 4. The molecule has 1 saturated heterocycles. The maximum Gasteiger partial charge on any atom is 0.417 e. The molecule has 0 radical (unpaired) electrons. The molecule has 5 nitrogen and oxygen atoms in total. The van der Waals surface area contributed by atoms with Gasteiger partial charge in [-0.25, -0.2) is 13.1 Å². The van der Waals surface area contributed by atoms with Crippen LogP contribution in [0.3, 0.4) is 0 Å². The third-order valence-electron chi connectivity index (χ3n) is 4.32. The fourth-order valence-corrected chi connectivity index (χ4v) is 3.96. The molecule has 0 spiro atoms. The van der Waals surface area contributed by atoms with Gasteiger partial charge in [0.25, 0.3) is 0 Å². The molecule has 146 valence electrons. The van der Waals surface area contributed by atoms with Crippen molar-refractivity contribution in [1.29, 1.82) is 0 Å². The molecule has 1 aliphatic rings. The molecular formula is C16H20ClF3N2O3S. The summed E-state index contributed by atoms with van der Waals surface area (Å²) >= 11 is 5.49. The molecular weight excluding hydrogens is 393 g/mol. The zero-order chi connectivity index (χ0) is 19.5. The molecule has 1 aliphatic heterocycles. The van der Waals surface area contributed by atoms with Crippen molar-refractivity contribution in [1.82, 2.24) is 9.62 Å². The molecule has 0 unspecified atom stereocenters. The van der Waals surface area contributed by atoms with Gasteiger partial charge in [-0.05, 0) is 37.0 Å². The van der Waals surface area contributed by atoms with Gasteiger partial charge in [0.1, 0.15) is 0 Å². The number of nitrogens with zero attached hydrogens (tertiary/aromatic N) is 1. The van der Waals surface area contributed by atoms with Gasteiger partial charge in [-0.2, -0.15) is 13.2 Å². The van der Waals surface area contributed by atoms with Crippen molar-refractivity contribution in [3.05, 3.63) is 28.8 Å². The topological polar surface area (TPSA) is 66.5 Å². The number of rotatable bonds is 5. The standard InChI is InChI=1S/C16H20ClF3N2O3S/c1-11-5-8-22(9-6-11)15(23)4-7-21-26(24,25)12-2-3-14(17)13(10-12)16(18,19)20/h2-3,10-11,21H,4-9H2,1H3. The molecule has 0 saturated carbocycles. The Kier molecular flexibility index (Phi) is 6.57. The van der Waals surface area contributed by atoms with E-state index in [1.54, 1.807) is 4.90 Å². The predicted molar refractivity (Wildman–Crippen MR) is 91.2 cm³/mol. The van der Waals surface area contributed by atoms with E-state index in [0.717, 1.165) is 25.0 Å². The van der Waals surface area contributed by atoms with Gasteiger partial charge in [0.15, 0.2) is 0 Å². The predicted octanol–water partition coefficient (Wildman–Crippen LogP) is 3.29. The van der Waals surface area contributed by atoms with Crippen molar-refractivity contribution < 1.29 is 26.4 Å². The Hall–Kier alpha value is -1.32. The zero-order valence-corrected chi connectivity index (χ0v) is 15.7. The number of hydrogen-bond acceptors (Lipinski definition) is 3. The number of nitrogens with one attached hydrogen (secondary N) is 1. The molecule has 1 fully saturated rings.